The van der Waals surface area contributed by atoms with E-state index in [0.29, 0.717) is 22.6 Å². The molecule has 6 nitrogen and oxygen atoms in total. The van der Waals surface area contributed by atoms with Crippen molar-refractivity contribution in [2.45, 2.75) is 18.4 Å². The molecule has 164 valence electrons. The van der Waals surface area contributed by atoms with E-state index in [0.717, 1.165) is 0 Å². The molecule has 1 heterocycles. The first-order valence-corrected chi connectivity index (χ1v) is 8.62. The van der Waals surface area contributed by atoms with Crippen LogP contribution in [0.3, 0.4) is 0 Å². The SMILES string of the molecule is O=C(CN1C(=O)N[C@H](c2ccccc2)C1=O)Nc1cc(C(F)(F)F)cc(C(F)(F)F)c1. The van der Waals surface area contributed by atoms with Gasteiger partial charge in [-0.05, 0) is 23.8 Å². The number of alkyl halides is 6. The van der Waals surface area contributed by atoms with Gasteiger partial charge in [0.15, 0.2) is 0 Å². The third-order valence-electron chi connectivity index (χ3n) is 4.33. The lowest BCUT2D eigenvalue weighted by Crippen LogP contribution is -2.38. The van der Waals surface area contributed by atoms with Gasteiger partial charge in [-0.1, -0.05) is 30.3 Å². The molecule has 0 saturated carbocycles. The van der Waals surface area contributed by atoms with Gasteiger partial charge < -0.3 is 10.6 Å². The second-order valence-electron chi connectivity index (χ2n) is 6.56. The van der Waals surface area contributed by atoms with E-state index < -0.39 is 59.6 Å². The molecule has 0 bridgehead atoms. The fourth-order valence-electron chi connectivity index (χ4n) is 2.91. The van der Waals surface area contributed by atoms with Crippen LogP contribution >= 0.6 is 0 Å². The zero-order valence-corrected chi connectivity index (χ0v) is 15.3. The Balaban J connectivity index is 1.78. The topological polar surface area (TPSA) is 78.5 Å². The molecule has 0 aromatic heterocycles. The van der Waals surface area contributed by atoms with Crippen molar-refractivity contribution in [3.05, 3.63) is 65.2 Å². The Labute approximate surface area is 170 Å². The molecule has 2 N–H and O–H groups in total. The monoisotopic (exact) mass is 445 g/mol. The van der Waals surface area contributed by atoms with Crippen LogP contribution in [-0.2, 0) is 21.9 Å². The number of rotatable bonds is 4. The number of halogens is 6. The van der Waals surface area contributed by atoms with Crippen LogP contribution < -0.4 is 10.6 Å². The second-order valence-corrected chi connectivity index (χ2v) is 6.56. The number of hydrogen-bond donors (Lipinski definition) is 2. The van der Waals surface area contributed by atoms with E-state index in [1.165, 1.54) is 0 Å². The number of carbonyl (C=O) groups is 3. The normalized spacial score (nSPS) is 17.0. The van der Waals surface area contributed by atoms with Gasteiger partial charge in [-0.2, -0.15) is 26.3 Å². The Bertz CT molecular complexity index is 989. The van der Waals surface area contributed by atoms with E-state index in [4.69, 9.17) is 0 Å². The summed E-state index contributed by atoms with van der Waals surface area (Å²) in [6, 6.07) is 6.63. The summed E-state index contributed by atoms with van der Waals surface area (Å²) in [7, 11) is 0. The molecule has 1 fully saturated rings. The van der Waals surface area contributed by atoms with Crippen LogP contribution in [0, 0.1) is 0 Å². The first-order chi connectivity index (χ1) is 14.4. The van der Waals surface area contributed by atoms with Crippen molar-refractivity contribution in [1.29, 1.82) is 0 Å². The van der Waals surface area contributed by atoms with Gasteiger partial charge in [-0.15, -0.1) is 0 Å². The van der Waals surface area contributed by atoms with Gasteiger partial charge in [0.05, 0.1) is 11.1 Å². The molecular formula is C19H13F6N3O3. The lowest BCUT2D eigenvalue weighted by Gasteiger charge is -2.16. The van der Waals surface area contributed by atoms with Gasteiger partial charge in [0, 0.05) is 5.69 Å². The summed E-state index contributed by atoms with van der Waals surface area (Å²) >= 11 is 0. The number of urea groups is 1. The summed E-state index contributed by atoms with van der Waals surface area (Å²) in [6.45, 7) is -0.897. The van der Waals surface area contributed by atoms with Crippen molar-refractivity contribution >= 4 is 23.5 Å². The van der Waals surface area contributed by atoms with Gasteiger partial charge in [0.2, 0.25) is 5.91 Å². The summed E-state index contributed by atoms with van der Waals surface area (Å²) < 4.78 is 77.5. The molecule has 12 heteroatoms. The third kappa shape index (κ3) is 4.95. The van der Waals surface area contributed by atoms with Crippen LogP contribution in [-0.4, -0.2) is 29.3 Å². The zero-order chi connectivity index (χ0) is 23.0. The summed E-state index contributed by atoms with van der Waals surface area (Å²) in [5.74, 6) is -1.93. The van der Waals surface area contributed by atoms with Crippen molar-refractivity contribution in [3.63, 3.8) is 0 Å². The molecule has 31 heavy (non-hydrogen) atoms. The molecule has 3 rings (SSSR count). The number of amides is 4. The number of nitrogens with zero attached hydrogens (tertiary/aromatic N) is 1. The molecular weight excluding hydrogens is 432 g/mol. The predicted octanol–water partition coefficient (Wildman–Crippen LogP) is 3.96. The Morgan fingerprint density at radius 1 is 0.935 bits per heavy atom. The van der Waals surface area contributed by atoms with E-state index in [1.54, 1.807) is 30.3 Å². The molecule has 2 aromatic carbocycles. The van der Waals surface area contributed by atoms with Gasteiger partial charge in [0.1, 0.15) is 12.6 Å². The largest absolute Gasteiger partial charge is 0.416 e. The number of nitrogens with one attached hydrogen (secondary N) is 2. The quantitative estimate of drug-likeness (QED) is 0.553. The average molecular weight is 445 g/mol. The lowest BCUT2D eigenvalue weighted by atomic mass is 10.1. The molecule has 0 spiro atoms. The van der Waals surface area contributed by atoms with E-state index in [-0.39, 0.29) is 6.07 Å². The van der Waals surface area contributed by atoms with Crippen LogP contribution in [0.1, 0.15) is 22.7 Å². The van der Waals surface area contributed by atoms with Crippen molar-refractivity contribution in [2.24, 2.45) is 0 Å². The van der Waals surface area contributed by atoms with E-state index in [1.807, 2.05) is 5.32 Å². The highest BCUT2D eigenvalue weighted by atomic mass is 19.4. The summed E-state index contributed by atoms with van der Waals surface area (Å²) in [5.41, 5.74) is -3.57. The number of imide groups is 1. The van der Waals surface area contributed by atoms with Crippen LogP contribution in [0.4, 0.5) is 36.8 Å². The Hall–Kier alpha value is -3.57. The highest BCUT2D eigenvalue weighted by Gasteiger charge is 2.40. The Morgan fingerprint density at radius 3 is 2.00 bits per heavy atom. The highest BCUT2D eigenvalue weighted by Crippen LogP contribution is 2.37. The maximum atomic E-state index is 12.9. The summed E-state index contributed by atoms with van der Waals surface area (Å²) in [4.78, 5) is 37.2. The summed E-state index contributed by atoms with van der Waals surface area (Å²) in [6.07, 6.45) is -10.2. The van der Waals surface area contributed by atoms with Crippen molar-refractivity contribution in [1.82, 2.24) is 10.2 Å². The van der Waals surface area contributed by atoms with Crippen LogP contribution in [0.2, 0.25) is 0 Å². The predicted molar refractivity (Wildman–Crippen MR) is 94.5 cm³/mol. The Morgan fingerprint density at radius 2 is 1.48 bits per heavy atom. The third-order valence-corrected chi connectivity index (χ3v) is 4.33. The standard InChI is InChI=1S/C19H13F6N3O3/c20-18(21,22)11-6-12(19(23,24)25)8-13(7-11)26-14(29)9-28-16(30)15(27-17(28)31)10-4-2-1-3-5-10/h1-8,15H,9H2,(H,26,29)(H,27,31)/t15-/m1/s1. The average Bonchev–Trinajstić information content (AvgIpc) is 2.95. The highest BCUT2D eigenvalue weighted by molar-refractivity contribution is 6.08. The van der Waals surface area contributed by atoms with Gasteiger partial charge in [-0.25, -0.2) is 4.79 Å². The second kappa shape index (κ2) is 7.93. The smallest absolute Gasteiger partial charge is 0.325 e. The minimum atomic E-state index is -5.09. The zero-order valence-electron chi connectivity index (χ0n) is 15.3. The Kier molecular flexibility index (Phi) is 5.66. The van der Waals surface area contributed by atoms with Gasteiger partial charge in [0.25, 0.3) is 5.91 Å². The molecule has 2 aromatic rings. The molecule has 1 saturated heterocycles. The molecule has 1 aliphatic heterocycles. The van der Waals surface area contributed by atoms with Crippen LogP contribution in [0.5, 0.6) is 0 Å². The van der Waals surface area contributed by atoms with Crippen molar-refractivity contribution in [2.75, 3.05) is 11.9 Å². The first-order valence-electron chi connectivity index (χ1n) is 8.62. The molecule has 0 aliphatic carbocycles. The van der Waals surface area contributed by atoms with E-state index >= 15 is 0 Å². The van der Waals surface area contributed by atoms with E-state index in [9.17, 15) is 40.7 Å². The number of anilines is 1. The van der Waals surface area contributed by atoms with Gasteiger partial charge in [-0.3, -0.25) is 14.5 Å². The molecule has 1 atom stereocenters. The van der Waals surface area contributed by atoms with Gasteiger partial charge >= 0.3 is 18.4 Å². The molecule has 1 aliphatic rings. The lowest BCUT2D eigenvalue weighted by molar-refractivity contribution is -0.143. The van der Waals surface area contributed by atoms with Crippen molar-refractivity contribution < 1.29 is 40.7 Å². The number of benzene rings is 2. The van der Waals surface area contributed by atoms with E-state index in [2.05, 4.69) is 5.32 Å². The fourth-order valence-corrected chi connectivity index (χ4v) is 2.91. The number of carbonyl (C=O) groups excluding carboxylic acids is 3. The molecule has 4 amide bonds. The van der Waals surface area contributed by atoms with Crippen LogP contribution in [0.15, 0.2) is 48.5 Å². The van der Waals surface area contributed by atoms with Crippen molar-refractivity contribution in [3.8, 4) is 0 Å². The van der Waals surface area contributed by atoms with Crippen LogP contribution in [0.25, 0.3) is 0 Å². The summed E-state index contributed by atoms with van der Waals surface area (Å²) in [5, 5.41) is 4.23. The minimum Gasteiger partial charge on any atom is -0.325 e. The number of hydrogen-bond acceptors (Lipinski definition) is 3. The molecule has 0 unspecified atom stereocenters. The fraction of sp³-hybridized carbons (Fsp3) is 0.211. The maximum Gasteiger partial charge on any atom is 0.416 e. The first kappa shape index (κ1) is 22.1. The molecule has 0 radical (unpaired) electrons. The minimum absolute atomic E-state index is 0.0858. The maximum absolute atomic E-state index is 12.9.